The summed E-state index contributed by atoms with van der Waals surface area (Å²) in [6.45, 7) is 3.49. The van der Waals surface area contributed by atoms with Gasteiger partial charge < -0.3 is 4.74 Å². The summed E-state index contributed by atoms with van der Waals surface area (Å²) in [5, 5.41) is 3.77. The highest BCUT2D eigenvalue weighted by Crippen LogP contribution is 2.23. The standard InChI is InChI=1S/C14H12ClFN2O3/c1-3-21-14(20)9-5-12(11(16)6-10(9)15)18-13(19)4-8(2)7-17-18/h4-7H,3H2,1-2H3. The van der Waals surface area contributed by atoms with Crippen molar-refractivity contribution in [1.29, 1.82) is 0 Å². The van der Waals surface area contributed by atoms with Gasteiger partial charge in [-0.2, -0.15) is 9.78 Å². The van der Waals surface area contributed by atoms with Crippen LogP contribution in [0, 0.1) is 12.7 Å². The number of esters is 1. The highest BCUT2D eigenvalue weighted by Gasteiger charge is 2.18. The number of aryl methyl sites for hydroxylation is 1. The van der Waals surface area contributed by atoms with Gasteiger partial charge in [-0.15, -0.1) is 0 Å². The summed E-state index contributed by atoms with van der Waals surface area (Å²) in [4.78, 5) is 23.6. The lowest BCUT2D eigenvalue weighted by atomic mass is 10.2. The third kappa shape index (κ3) is 3.11. The summed E-state index contributed by atoms with van der Waals surface area (Å²) in [6.07, 6.45) is 1.42. The Balaban J connectivity index is 2.61. The van der Waals surface area contributed by atoms with Gasteiger partial charge in [0.2, 0.25) is 0 Å². The van der Waals surface area contributed by atoms with Crippen molar-refractivity contribution in [2.75, 3.05) is 6.61 Å². The van der Waals surface area contributed by atoms with E-state index in [0.717, 1.165) is 16.8 Å². The minimum atomic E-state index is -0.758. The normalized spacial score (nSPS) is 10.5. The van der Waals surface area contributed by atoms with Crippen molar-refractivity contribution >= 4 is 17.6 Å². The van der Waals surface area contributed by atoms with Gasteiger partial charge in [0, 0.05) is 6.07 Å². The first-order valence-corrected chi connectivity index (χ1v) is 6.54. The lowest BCUT2D eigenvalue weighted by Gasteiger charge is -2.10. The first kappa shape index (κ1) is 15.2. The number of benzene rings is 1. The summed E-state index contributed by atoms with van der Waals surface area (Å²) in [6, 6.07) is 3.42. The fraction of sp³-hybridized carbons (Fsp3) is 0.214. The van der Waals surface area contributed by atoms with Gasteiger partial charge in [0.15, 0.2) is 5.82 Å². The molecule has 0 radical (unpaired) electrons. The van der Waals surface area contributed by atoms with Crippen LogP contribution in [0.5, 0.6) is 0 Å². The Bertz CT molecular complexity index is 758. The molecular formula is C14H12ClFN2O3. The van der Waals surface area contributed by atoms with Gasteiger partial charge in [0.1, 0.15) is 5.69 Å². The van der Waals surface area contributed by atoms with Gasteiger partial charge in [0.05, 0.1) is 23.4 Å². The van der Waals surface area contributed by atoms with Gasteiger partial charge in [-0.3, -0.25) is 4.79 Å². The molecule has 1 heterocycles. The number of nitrogens with zero attached hydrogens (tertiary/aromatic N) is 2. The molecule has 7 heteroatoms. The van der Waals surface area contributed by atoms with E-state index in [-0.39, 0.29) is 22.9 Å². The molecule has 0 saturated carbocycles. The van der Waals surface area contributed by atoms with E-state index in [1.54, 1.807) is 13.8 Å². The molecule has 0 spiro atoms. The van der Waals surface area contributed by atoms with Crippen LogP contribution < -0.4 is 5.56 Å². The van der Waals surface area contributed by atoms with Crippen LogP contribution in [0.15, 0.2) is 29.2 Å². The van der Waals surface area contributed by atoms with Gasteiger partial charge >= 0.3 is 5.97 Å². The maximum Gasteiger partial charge on any atom is 0.339 e. The van der Waals surface area contributed by atoms with E-state index in [9.17, 15) is 14.0 Å². The molecule has 2 rings (SSSR count). The summed E-state index contributed by atoms with van der Waals surface area (Å²) in [7, 11) is 0. The Morgan fingerprint density at radius 3 is 2.76 bits per heavy atom. The topological polar surface area (TPSA) is 61.2 Å². The zero-order valence-corrected chi connectivity index (χ0v) is 12.1. The van der Waals surface area contributed by atoms with Crippen LogP contribution in [0.25, 0.3) is 5.69 Å². The van der Waals surface area contributed by atoms with E-state index in [1.807, 2.05) is 0 Å². The summed E-state index contributed by atoms with van der Waals surface area (Å²) in [5.74, 6) is -1.45. The molecular weight excluding hydrogens is 299 g/mol. The molecule has 0 aliphatic carbocycles. The zero-order valence-electron chi connectivity index (χ0n) is 11.4. The highest BCUT2D eigenvalue weighted by molar-refractivity contribution is 6.33. The van der Waals surface area contributed by atoms with Crippen LogP contribution in [0.4, 0.5) is 4.39 Å². The predicted octanol–water partition coefficient (Wildman–Crippen LogP) is 2.51. The molecule has 0 N–H and O–H groups in total. The number of hydrogen-bond donors (Lipinski definition) is 0. The number of hydrogen-bond acceptors (Lipinski definition) is 4. The van der Waals surface area contributed by atoms with Crippen LogP contribution in [0.2, 0.25) is 5.02 Å². The lowest BCUT2D eigenvalue weighted by Crippen LogP contribution is -2.22. The van der Waals surface area contributed by atoms with Crippen molar-refractivity contribution in [2.24, 2.45) is 0 Å². The molecule has 0 aliphatic heterocycles. The highest BCUT2D eigenvalue weighted by atomic mass is 35.5. The van der Waals surface area contributed by atoms with Crippen molar-refractivity contribution in [3.63, 3.8) is 0 Å². The van der Waals surface area contributed by atoms with E-state index in [2.05, 4.69) is 5.10 Å². The van der Waals surface area contributed by atoms with E-state index in [0.29, 0.717) is 5.56 Å². The Morgan fingerprint density at radius 1 is 1.43 bits per heavy atom. The van der Waals surface area contributed by atoms with Gasteiger partial charge in [-0.05, 0) is 31.5 Å². The molecule has 0 amide bonds. The third-order valence-electron chi connectivity index (χ3n) is 2.70. The Hall–Kier alpha value is -2.21. The third-order valence-corrected chi connectivity index (χ3v) is 3.01. The maximum atomic E-state index is 14.0. The predicted molar refractivity (Wildman–Crippen MR) is 75.5 cm³/mol. The molecule has 0 bridgehead atoms. The fourth-order valence-corrected chi connectivity index (χ4v) is 1.97. The molecule has 110 valence electrons. The Morgan fingerprint density at radius 2 is 2.14 bits per heavy atom. The molecule has 2 aromatic rings. The molecule has 0 saturated heterocycles. The van der Waals surface area contributed by atoms with Crippen molar-refractivity contribution in [1.82, 2.24) is 9.78 Å². The first-order chi connectivity index (χ1) is 9.93. The molecule has 5 nitrogen and oxygen atoms in total. The Labute approximate surface area is 124 Å². The van der Waals surface area contributed by atoms with Gasteiger partial charge in [-0.1, -0.05) is 11.6 Å². The molecule has 1 aromatic carbocycles. The largest absolute Gasteiger partial charge is 0.462 e. The average molecular weight is 311 g/mol. The minimum absolute atomic E-state index is 0.0239. The molecule has 0 unspecified atom stereocenters. The Kier molecular flexibility index (Phi) is 4.37. The SMILES string of the molecule is CCOC(=O)c1cc(-n2ncc(C)cc2=O)c(F)cc1Cl. The number of carbonyl (C=O) groups excluding carboxylic acids is 1. The van der Waals surface area contributed by atoms with E-state index < -0.39 is 17.3 Å². The van der Waals surface area contributed by atoms with Crippen molar-refractivity contribution in [3.05, 3.63) is 56.7 Å². The minimum Gasteiger partial charge on any atom is -0.462 e. The first-order valence-electron chi connectivity index (χ1n) is 6.16. The van der Waals surface area contributed by atoms with Crippen LogP contribution in [-0.4, -0.2) is 22.4 Å². The summed E-state index contributed by atoms with van der Waals surface area (Å²) >= 11 is 5.84. The number of halogens is 2. The van der Waals surface area contributed by atoms with Gasteiger partial charge in [-0.25, -0.2) is 9.18 Å². The number of carbonyl (C=O) groups is 1. The van der Waals surface area contributed by atoms with Crippen molar-refractivity contribution in [3.8, 4) is 5.69 Å². The molecule has 0 aliphatic rings. The zero-order chi connectivity index (χ0) is 15.6. The fourth-order valence-electron chi connectivity index (χ4n) is 1.74. The molecule has 0 fully saturated rings. The number of ether oxygens (including phenoxy) is 1. The van der Waals surface area contributed by atoms with Crippen molar-refractivity contribution < 1.29 is 13.9 Å². The van der Waals surface area contributed by atoms with Crippen molar-refractivity contribution in [2.45, 2.75) is 13.8 Å². The average Bonchev–Trinajstić information content (AvgIpc) is 2.40. The number of rotatable bonds is 3. The molecule has 21 heavy (non-hydrogen) atoms. The number of aromatic nitrogens is 2. The monoisotopic (exact) mass is 310 g/mol. The molecule has 1 aromatic heterocycles. The van der Waals surface area contributed by atoms with Crippen LogP contribution in [0.1, 0.15) is 22.8 Å². The summed E-state index contributed by atoms with van der Waals surface area (Å²) in [5.41, 5.74) is -0.0427. The lowest BCUT2D eigenvalue weighted by molar-refractivity contribution is 0.0526. The second-order valence-electron chi connectivity index (χ2n) is 4.29. The van der Waals surface area contributed by atoms with Crippen LogP contribution in [-0.2, 0) is 4.74 Å². The van der Waals surface area contributed by atoms with E-state index >= 15 is 0 Å². The summed E-state index contributed by atoms with van der Waals surface area (Å²) < 4.78 is 19.7. The quantitative estimate of drug-likeness (QED) is 0.817. The van der Waals surface area contributed by atoms with Crippen LogP contribution in [0.3, 0.4) is 0 Å². The maximum absolute atomic E-state index is 14.0. The van der Waals surface area contributed by atoms with E-state index in [4.69, 9.17) is 16.3 Å². The smallest absolute Gasteiger partial charge is 0.339 e. The second-order valence-corrected chi connectivity index (χ2v) is 4.69. The van der Waals surface area contributed by atoms with E-state index in [1.165, 1.54) is 12.3 Å². The second kappa shape index (κ2) is 6.05. The van der Waals surface area contributed by atoms with Crippen LogP contribution >= 0.6 is 11.6 Å². The molecule has 0 atom stereocenters. The van der Waals surface area contributed by atoms with Gasteiger partial charge in [0.25, 0.3) is 5.56 Å².